The van der Waals surface area contributed by atoms with Crippen molar-refractivity contribution in [2.45, 2.75) is 44.3 Å². The lowest BCUT2D eigenvalue weighted by molar-refractivity contribution is -0.396. The van der Waals surface area contributed by atoms with Crippen LogP contribution in [0.25, 0.3) is 0 Å². The topological polar surface area (TPSA) is 18.5 Å². The summed E-state index contributed by atoms with van der Waals surface area (Å²) in [7, 11) is 0.223. The Balaban J connectivity index is 2.66. The largest absolute Gasteiger partial charge is 0.425 e. The van der Waals surface area contributed by atoms with Crippen LogP contribution in [0.1, 0.15) is 30.9 Å². The number of alkyl halides is 6. The van der Waals surface area contributed by atoms with Crippen LogP contribution in [0.2, 0.25) is 0 Å². The maximum absolute atomic E-state index is 13.3. The molecule has 1 aromatic rings. The molecule has 0 aromatic heterocycles. The first-order valence-electron chi connectivity index (χ1n) is 6.80. The van der Waals surface area contributed by atoms with Crippen molar-refractivity contribution in [1.29, 1.82) is 0 Å². The Morgan fingerprint density at radius 2 is 1.48 bits per heavy atom. The molecule has 0 atom stereocenters. The number of rotatable bonds is 8. The second-order valence-corrected chi connectivity index (χ2v) is 5.39. The highest BCUT2D eigenvalue weighted by atomic mass is 19.3. The summed E-state index contributed by atoms with van der Waals surface area (Å²) < 4.78 is 86.2. The summed E-state index contributed by atoms with van der Waals surface area (Å²) in [4.78, 5) is 0. The first-order valence-corrected chi connectivity index (χ1v) is 6.80. The van der Waals surface area contributed by atoms with Crippen molar-refractivity contribution < 1.29 is 35.8 Å². The van der Waals surface area contributed by atoms with E-state index in [1.807, 2.05) is 13.8 Å². The van der Waals surface area contributed by atoms with Crippen molar-refractivity contribution in [1.82, 2.24) is 0 Å². The molecule has 0 spiro atoms. The number of ether oxygens (including phenoxy) is 2. The molecule has 0 saturated heterocycles. The van der Waals surface area contributed by atoms with Gasteiger partial charge >= 0.3 is 18.0 Å². The summed E-state index contributed by atoms with van der Waals surface area (Å²) in [6.45, 7) is 1.67. The van der Waals surface area contributed by atoms with Crippen LogP contribution in [0.4, 0.5) is 26.3 Å². The van der Waals surface area contributed by atoms with Gasteiger partial charge in [-0.2, -0.15) is 26.3 Å². The Morgan fingerprint density at radius 3 is 1.91 bits per heavy atom. The van der Waals surface area contributed by atoms with Crippen molar-refractivity contribution in [3.63, 3.8) is 0 Å². The van der Waals surface area contributed by atoms with Crippen molar-refractivity contribution in [3.8, 4) is 0 Å². The van der Waals surface area contributed by atoms with Gasteiger partial charge in [-0.05, 0) is 17.0 Å². The lowest BCUT2D eigenvalue weighted by atomic mass is 10.0. The zero-order valence-corrected chi connectivity index (χ0v) is 12.9. The van der Waals surface area contributed by atoms with Crippen LogP contribution in [0, 0.1) is 0 Å². The third kappa shape index (κ3) is 4.38. The third-order valence-electron chi connectivity index (χ3n) is 3.28. The number of hydrogen-bond acceptors (Lipinski definition) is 2. The molecular formula is C15H18F6O2. The fourth-order valence-corrected chi connectivity index (χ4v) is 1.73. The van der Waals surface area contributed by atoms with Crippen LogP contribution in [0.15, 0.2) is 24.3 Å². The quantitative estimate of drug-likeness (QED) is 0.629. The van der Waals surface area contributed by atoms with Crippen molar-refractivity contribution in [2.75, 3.05) is 13.7 Å². The van der Waals surface area contributed by atoms with E-state index in [2.05, 4.69) is 9.47 Å². The highest BCUT2D eigenvalue weighted by Crippen LogP contribution is 2.46. The van der Waals surface area contributed by atoms with Crippen LogP contribution in [-0.4, -0.2) is 31.7 Å². The molecule has 1 rings (SSSR count). The molecule has 0 fully saturated rings. The van der Waals surface area contributed by atoms with Crippen LogP contribution < -0.4 is 0 Å². The molecule has 23 heavy (non-hydrogen) atoms. The van der Waals surface area contributed by atoms with Crippen molar-refractivity contribution in [2.24, 2.45) is 0 Å². The lowest BCUT2D eigenvalue weighted by Crippen LogP contribution is -2.57. The molecule has 0 bridgehead atoms. The Bertz CT molecular complexity index is 499. The maximum atomic E-state index is 13.3. The number of hydrogen-bond donors (Lipinski definition) is 0. The van der Waals surface area contributed by atoms with E-state index in [0.717, 1.165) is 5.56 Å². The Hall–Kier alpha value is -1.28. The van der Waals surface area contributed by atoms with Gasteiger partial charge in [0.15, 0.2) is 0 Å². The molecule has 2 nitrogen and oxygen atoms in total. The SMILES string of the molecule is COC(F)(F)C(F)(F)C(F)(F)COCc1ccc(C(C)C)cc1. The fraction of sp³-hybridized carbons (Fsp3) is 0.600. The Morgan fingerprint density at radius 1 is 0.957 bits per heavy atom. The predicted octanol–water partition coefficient (Wildman–Crippen LogP) is 4.84. The third-order valence-corrected chi connectivity index (χ3v) is 3.28. The van der Waals surface area contributed by atoms with Gasteiger partial charge in [-0.3, -0.25) is 0 Å². The van der Waals surface area contributed by atoms with Gasteiger partial charge in [0.1, 0.15) is 6.61 Å². The predicted molar refractivity (Wildman–Crippen MR) is 72.0 cm³/mol. The van der Waals surface area contributed by atoms with Gasteiger partial charge in [0.05, 0.1) is 6.61 Å². The molecule has 0 unspecified atom stereocenters. The van der Waals surface area contributed by atoms with Crippen molar-refractivity contribution in [3.05, 3.63) is 35.4 Å². The van der Waals surface area contributed by atoms with E-state index in [9.17, 15) is 26.3 Å². The average Bonchev–Trinajstić information content (AvgIpc) is 2.47. The highest BCUT2D eigenvalue weighted by Gasteiger charge is 2.72. The minimum Gasteiger partial charge on any atom is -0.370 e. The lowest BCUT2D eigenvalue weighted by Gasteiger charge is -2.31. The minimum atomic E-state index is -5.68. The number of halogens is 6. The van der Waals surface area contributed by atoms with Crippen LogP contribution in [0.5, 0.6) is 0 Å². The smallest absolute Gasteiger partial charge is 0.370 e. The normalized spacial score (nSPS) is 13.7. The molecular weight excluding hydrogens is 326 g/mol. The number of benzene rings is 1. The summed E-state index contributed by atoms with van der Waals surface area (Å²) in [5.74, 6) is -10.5. The molecule has 0 saturated carbocycles. The molecule has 0 aliphatic carbocycles. The summed E-state index contributed by atoms with van der Waals surface area (Å²) in [6, 6.07) is 6.68. The Labute approximate surface area is 130 Å². The van der Waals surface area contributed by atoms with Crippen molar-refractivity contribution >= 4 is 0 Å². The van der Waals surface area contributed by atoms with Crippen LogP contribution in [-0.2, 0) is 16.1 Å². The molecule has 132 valence electrons. The van der Waals surface area contributed by atoms with Gasteiger partial charge in [0.2, 0.25) is 0 Å². The van der Waals surface area contributed by atoms with Gasteiger partial charge < -0.3 is 9.47 Å². The van der Waals surface area contributed by atoms with E-state index in [0.29, 0.717) is 5.56 Å². The second-order valence-electron chi connectivity index (χ2n) is 5.39. The molecule has 0 aliphatic rings. The molecule has 0 heterocycles. The first-order chi connectivity index (χ1) is 10.4. The summed E-state index contributed by atoms with van der Waals surface area (Å²) in [5.41, 5.74) is 1.47. The second kappa shape index (κ2) is 7.09. The van der Waals surface area contributed by atoms with Gasteiger partial charge in [-0.25, -0.2) is 0 Å². The molecule has 1 aromatic carbocycles. The molecule has 0 radical (unpaired) electrons. The van der Waals surface area contributed by atoms with Crippen LogP contribution in [0.3, 0.4) is 0 Å². The molecule has 0 N–H and O–H groups in total. The minimum absolute atomic E-state index is 0.223. The zero-order valence-electron chi connectivity index (χ0n) is 12.9. The summed E-state index contributed by atoms with van der Waals surface area (Å²) >= 11 is 0. The van der Waals surface area contributed by atoms with E-state index in [4.69, 9.17) is 0 Å². The van der Waals surface area contributed by atoms with Gasteiger partial charge in [-0.15, -0.1) is 0 Å². The van der Waals surface area contributed by atoms with E-state index in [1.54, 1.807) is 24.3 Å². The summed E-state index contributed by atoms with van der Waals surface area (Å²) in [5, 5.41) is 0. The van der Waals surface area contributed by atoms with E-state index >= 15 is 0 Å². The van der Waals surface area contributed by atoms with E-state index in [-0.39, 0.29) is 13.0 Å². The van der Waals surface area contributed by atoms with Gasteiger partial charge in [0, 0.05) is 7.11 Å². The molecule has 0 aliphatic heterocycles. The van der Waals surface area contributed by atoms with E-state index < -0.39 is 31.2 Å². The zero-order chi connectivity index (χ0) is 17.9. The van der Waals surface area contributed by atoms with Gasteiger partial charge in [-0.1, -0.05) is 38.1 Å². The molecule has 0 amide bonds. The highest BCUT2D eigenvalue weighted by molar-refractivity contribution is 5.24. The standard InChI is InChI=1S/C15H18F6O2/c1-10(2)12-6-4-11(5-7-12)8-23-9-13(16,17)14(18,19)15(20,21)22-3/h4-7,10H,8-9H2,1-3H3. The number of methoxy groups -OCH3 is 1. The summed E-state index contributed by atoms with van der Waals surface area (Å²) in [6.07, 6.45) is -5.29. The fourth-order valence-electron chi connectivity index (χ4n) is 1.73. The van der Waals surface area contributed by atoms with Gasteiger partial charge in [0.25, 0.3) is 0 Å². The first kappa shape index (κ1) is 19.8. The maximum Gasteiger partial charge on any atom is 0.425 e. The molecule has 8 heteroatoms. The van der Waals surface area contributed by atoms with Crippen LogP contribution >= 0.6 is 0 Å². The Kier molecular flexibility index (Phi) is 6.09. The average molecular weight is 344 g/mol. The monoisotopic (exact) mass is 344 g/mol. The van der Waals surface area contributed by atoms with E-state index in [1.165, 1.54) is 0 Å².